The fourth-order valence-electron chi connectivity index (χ4n) is 2.46. The van der Waals surface area contributed by atoms with E-state index in [1.807, 2.05) is 30.9 Å². The summed E-state index contributed by atoms with van der Waals surface area (Å²) >= 11 is 0. The van der Waals surface area contributed by atoms with Crippen LogP contribution in [0.5, 0.6) is 0 Å². The Morgan fingerprint density at radius 1 is 1.20 bits per heavy atom. The first kappa shape index (κ1) is 15.0. The molecule has 108 valence electrons. The molecule has 0 saturated carbocycles. The fourth-order valence-corrected chi connectivity index (χ4v) is 4.08. The third kappa shape index (κ3) is 3.01. The van der Waals surface area contributed by atoms with Crippen LogP contribution in [-0.4, -0.2) is 50.3 Å². The van der Waals surface area contributed by atoms with Crippen LogP contribution in [0.4, 0.5) is 0 Å². The molecule has 6 heteroatoms. The van der Waals surface area contributed by atoms with Gasteiger partial charge in [0.05, 0.1) is 17.5 Å². The first-order valence-corrected chi connectivity index (χ1v) is 8.06. The molecule has 1 aromatic rings. The van der Waals surface area contributed by atoms with E-state index in [0.29, 0.717) is 37.6 Å². The van der Waals surface area contributed by atoms with Crippen molar-refractivity contribution in [2.24, 2.45) is 0 Å². The van der Waals surface area contributed by atoms with Gasteiger partial charge in [-0.15, -0.1) is 0 Å². The number of nitriles is 1. The Labute approximate surface area is 120 Å². The van der Waals surface area contributed by atoms with Gasteiger partial charge in [0.25, 0.3) is 0 Å². The van der Waals surface area contributed by atoms with Crippen molar-refractivity contribution in [3.8, 4) is 6.07 Å². The number of hydrogen-bond acceptors (Lipinski definition) is 4. The molecule has 0 spiro atoms. The highest BCUT2D eigenvalue weighted by Crippen LogP contribution is 2.22. The van der Waals surface area contributed by atoms with Crippen LogP contribution >= 0.6 is 0 Å². The third-order valence-corrected chi connectivity index (χ3v) is 5.63. The van der Waals surface area contributed by atoms with Gasteiger partial charge >= 0.3 is 0 Å². The summed E-state index contributed by atoms with van der Waals surface area (Å²) in [4.78, 5) is 2.35. The zero-order chi connectivity index (χ0) is 14.8. The van der Waals surface area contributed by atoms with Crippen molar-refractivity contribution in [3.63, 3.8) is 0 Å². The zero-order valence-electron chi connectivity index (χ0n) is 11.8. The predicted octanol–water partition coefficient (Wildman–Crippen LogP) is 1.13. The van der Waals surface area contributed by atoms with Gasteiger partial charge in [0.1, 0.15) is 0 Å². The lowest BCUT2D eigenvalue weighted by Crippen LogP contribution is -2.48. The lowest BCUT2D eigenvalue weighted by atomic mass is 10.2. The van der Waals surface area contributed by atoms with Gasteiger partial charge in [-0.3, -0.25) is 4.90 Å². The molecule has 2 rings (SSSR count). The number of rotatable bonds is 3. The molecule has 1 aliphatic heterocycles. The van der Waals surface area contributed by atoms with E-state index in [-0.39, 0.29) is 0 Å². The van der Waals surface area contributed by atoms with Crippen molar-refractivity contribution < 1.29 is 8.42 Å². The molecule has 0 amide bonds. The molecule has 0 unspecified atom stereocenters. The molecule has 1 aromatic carbocycles. The van der Waals surface area contributed by atoms with E-state index in [9.17, 15) is 8.42 Å². The zero-order valence-corrected chi connectivity index (χ0v) is 12.7. The Balaban J connectivity index is 2.18. The van der Waals surface area contributed by atoms with Gasteiger partial charge in [0, 0.05) is 26.2 Å². The van der Waals surface area contributed by atoms with Gasteiger partial charge in [-0.25, -0.2) is 8.42 Å². The number of benzene rings is 1. The molecule has 1 saturated heterocycles. The largest absolute Gasteiger partial charge is 0.288 e. The summed E-state index contributed by atoms with van der Waals surface area (Å²) in [5.74, 6) is 0. The van der Waals surface area contributed by atoms with Crippen LogP contribution in [0.2, 0.25) is 0 Å². The van der Waals surface area contributed by atoms with Gasteiger partial charge in [-0.2, -0.15) is 9.57 Å². The van der Waals surface area contributed by atoms with Crippen LogP contribution in [0.15, 0.2) is 23.1 Å². The summed E-state index contributed by atoms with van der Waals surface area (Å²) in [6.07, 6.45) is 0. The molecule has 0 aromatic heterocycles. The standard InChI is InChI=1S/C14H19N3O2S/c1-12-3-4-14(13(2)11-12)20(18,19)17-9-7-16(6-5-15)8-10-17/h3-4,11H,6-10H2,1-2H3. The summed E-state index contributed by atoms with van der Waals surface area (Å²) in [7, 11) is -3.42. The number of sulfonamides is 1. The van der Waals surface area contributed by atoms with E-state index in [1.165, 1.54) is 4.31 Å². The average molecular weight is 293 g/mol. The van der Waals surface area contributed by atoms with Gasteiger partial charge in [0.15, 0.2) is 0 Å². The SMILES string of the molecule is Cc1ccc(S(=O)(=O)N2CCN(CC#N)CC2)c(C)c1. The van der Waals surface area contributed by atoms with Gasteiger partial charge < -0.3 is 0 Å². The summed E-state index contributed by atoms with van der Waals surface area (Å²) in [5.41, 5.74) is 1.84. The minimum absolute atomic E-state index is 0.359. The van der Waals surface area contributed by atoms with Gasteiger partial charge in [-0.1, -0.05) is 17.7 Å². The number of aryl methyl sites for hydroxylation is 2. The summed E-state index contributed by atoms with van der Waals surface area (Å²) in [6, 6.07) is 7.49. The first-order valence-electron chi connectivity index (χ1n) is 6.62. The van der Waals surface area contributed by atoms with E-state index in [1.54, 1.807) is 6.07 Å². The van der Waals surface area contributed by atoms with Crippen molar-refractivity contribution in [3.05, 3.63) is 29.3 Å². The number of piperazine rings is 1. The minimum Gasteiger partial charge on any atom is -0.288 e. The van der Waals surface area contributed by atoms with Crippen molar-refractivity contribution >= 4 is 10.0 Å². The summed E-state index contributed by atoms with van der Waals surface area (Å²) < 4.78 is 26.8. The second-order valence-electron chi connectivity index (χ2n) is 5.11. The molecular weight excluding hydrogens is 274 g/mol. The quantitative estimate of drug-likeness (QED) is 0.784. The third-order valence-electron chi connectivity index (χ3n) is 3.57. The summed E-state index contributed by atoms with van der Waals surface area (Å²) in [6.45, 7) is 6.23. The van der Waals surface area contributed by atoms with E-state index in [0.717, 1.165) is 11.1 Å². The Kier molecular flexibility index (Phi) is 4.43. The second-order valence-corrected chi connectivity index (χ2v) is 7.01. The average Bonchev–Trinajstić information content (AvgIpc) is 2.39. The minimum atomic E-state index is -3.42. The van der Waals surface area contributed by atoms with Gasteiger partial charge in [0.2, 0.25) is 10.0 Å². The first-order chi connectivity index (χ1) is 9.45. The van der Waals surface area contributed by atoms with Crippen LogP contribution in [-0.2, 0) is 10.0 Å². The van der Waals surface area contributed by atoms with Crippen LogP contribution in [0.3, 0.4) is 0 Å². The van der Waals surface area contributed by atoms with Crippen molar-refractivity contribution in [2.75, 3.05) is 32.7 Å². The molecule has 0 N–H and O–H groups in total. The van der Waals surface area contributed by atoms with Gasteiger partial charge in [-0.05, 0) is 25.5 Å². The molecule has 0 atom stereocenters. The normalized spacial score (nSPS) is 17.9. The highest BCUT2D eigenvalue weighted by molar-refractivity contribution is 7.89. The number of nitrogens with zero attached hydrogens (tertiary/aromatic N) is 3. The van der Waals surface area contributed by atoms with Crippen molar-refractivity contribution in [1.29, 1.82) is 5.26 Å². The molecule has 20 heavy (non-hydrogen) atoms. The molecule has 0 aliphatic carbocycles. The molecule has 1 aliphatic rings. The van der Waals surface area contributed by atoms with E-state index in [2.05, 4.69) is 6.07 Å². The van der Waals surface area contributed by atoms with Crippen LogP contribution < -0.4 is 0 Å². The van der Waals surface area contributed by atoms with Crippen LogP contribution in [0.25, 0.3) is 0 Å². The monoisotopic (exact) mass is 293 g/mol. The lowest BCUT2D eigenvalue weighted by molar-refractivity contribution is 0.206. The topological polar surface area (TPSA) is 64.4 Å². The smallest absolute Gasteiger partial charge is 0.243 e. The Morgan fingerprint density at radius 3 is 2.40 bits per heavy atom. The van der Waals surface area contributed by atoms with E-state index < -0.39 is 10.0 Å². The highest BCUT2D eigenvalue weighted by Gasteiger charge is 2.29. The molecule has 0 bridgehead atoms. The molecule has 5 nitrogen and oxygen atoms in total. The molecular formula is C14H19N3O2S. The highest BCUT2D eigenvalue weighted by atomic mass is 32.2. The van der Waals surface area contributed by atoms with Crippen LogP contribution in [0, 0.1) is 25.2 Å². The Hall–Kier alpha value is -1.42. The maximum atomic E-state index is 12.6. The number of hydrogen-bond donors (Lipinski definition) is 0. The Bertz CT molecular complexity index is 626. The van der Waals surface area contributed by atoms with Crippen molar-refractivity contribution in [1.82, 2.24) is 9.21 Å². The predicted molar refractivity (Wildman–Crippen MR) is 76.7 cm³/mol. The molecule has 1 fully saturated rings. The fraction of sp³-hybridized carbons (Fsp3) is 0.500. The maximum absolute atomic E-state index is 12.6. The summed E-state index contributed by atoms with van der Waals surface area (Å²) in [5, 5.41) is 8.66. The van der Waals surface area contributed by atoms with Crippen molar-refractivity contribution in [2.45, 2.75) is 18.7 Å². The molecule has 1 heterocycles. The molecule has 0 radical (unpaired) electrons. The second kappa shape index (κ2) is 5.92. The Morgan fingerprint density at radius 2 is 1.85 bits per heavy atom. The van der Waals surface area contributed by atoms with E-state index >= 15 is 0 Å². The van der Waals surface area contributed by atoms with E-state index in [4.69, 9.17) is 5.26 Å². The van der Waals surface area contributed by atoms with Crippen LogP contribution in [0.1, 0.15) is 11.1 Å². The maximum Gasteiger partial charge on any atom is 0.243 e. The lowest BCUT2D eigenvalue weighted by Gasteiger charge is -2.32.